The molecule has 0 atom stereocenters. The molecule has 21 heavy (non-hydrogen) atoms. The van der Waals surface area contributed by atoms with Gasteiger partial charge in [0.2, 0.25) is 5.76 Å². The average molecular weight is 280 g/mol. The number of hydrogen-bond donors (Lipinski definition) is 1. The molecule has 0 aliphatic rings. The molecule has 1 aromatic carbocycles. The van der Waals surface area contributed by atoms with Gasteiger partial charge in [-0.25, -0.2) is 0 Å². The minimum atomic E-state index is 0.310. The number of rotatable bonds is 4. The standard InChI is InChI=1S/C14H12N6O/c1-10-17-18-19-20(10)12-4-2-3-11(7-12)16-9-14-6-5-13(8-15)21-14/h2-7,16H,9H2,1H3. The van der Waals surface area contributed by atoms with E-state index >= 15 is 0 Å². The Morgan fingerprint density at radius 1 is 1.33 bits per heavy atom. The third-order valence-electron chi connectivity index (χ3n) is 2.95. The predicted molar refractivity (Wildman–Crippen MR) is 74.6 cm³/mol. The van der Waals surface area contributed by atoms with E-state index in [4.69, 9.17) is 9.68 Å². The topological polar surface area (TPSA) is 92.6 Å². The van der Waals surface area contributed by atoms with E-state index in [1.807, 2.05) is 37.3 Å². The molecule has 0 amide bonds. The lowest BCUT2D eigenvalue weighted by molar-refractivity contribution is 0.506. The molecular weight excluding hydrogens is 268 g/mol. The van der Waals surface area contributed by atoms with Gasteiger partial charge in [-0.2, -0.15) is 9.94 Å². The van der Waals surface area contributed by atoms with Crippen molar-refractivity contribution in [2.24, 2.45) is 0 Å². The van der Waals surface area contributed by atoms with Gasteiger partial charge in [0.15, 0.2) is 5.82 Å². The minimum absolute atomic E-state index is 0.310. The highest BCUT2D eigenvalue weighted by molar-refractivity contribution is 5.51. The summed E-state index contributed by atoms with van der Waals surface area (Å²) >= 11 is 0. The van der Waals surface area contributed by atoms with Crippen molar-refractivity contribution in [1.29, 1.82) is 5.26 Å². The second-order valence-electron chi connectivity index (χ2n) is 4.42. The highest BCUT2D eigenvalue weighted by Gasteiger charge is 2.05. The van der Waals surface area contributed by atoms with E-state index < -0.39 is 0 Å². The van der Waals surface area contributed by atoms with Crippen LogP contribution in [-0.2, 0) is 6.54 Å². The van der Waals surface area contributed by atoms with Crippen molar-refractivity contribution >= 4 is 5.69 Å². The number of anilines is 1. The molecule has 3 rings (SSSR count). The second kappa shape index (κ2) is 5.46. The molecule has 0 spiro atoms. The second-order valence-corrected chi connectivity index (χ2v) is 4.42. The third-order valence-corrected chi connectivity index (χ3v) is 2.95. The van der Waals surface area contributed by atoms with E-state index in [1.54, 1.807) is 16.8 Å². The summed E-state index contributed by atoms with van der Waals surface area (Å²) in [5.74, 6) is 1.73. The lowest BCUT2D eigenvalue weighted by Gasteiger charge is -2.07. The summed E-state index contributed by atoms with van der Waals surface area (Å²) in [6.45, 7) is 2.34. The first-order valence-corrected chi connectivity index (χ1v) is 6.34. The van der Waals surface area contributed by atoms with Gasteiger partial charge >= 0.3 is 0 Å². The van der Waals surface area contributed by atoms with Crippen molar-refractivity contribution in [2.75, 3.05) is 5.32 Å². The summed E-state index contributed by atoms with van der Waals surface area (Å²) in [4.78, 5) is 0. The number of furan rings is 1. The van der Waals surface area contributed by atoms with Crippen LogP contribution in [0.3, 0.4) is 0 Å². The van der Waals surface area contributed by atoms with Crippen LogP contribution in [0.1, 0.15) is 17.3 Å². The zero-order chi connectivity index (χ0) is 14.7. The van der Waals surface area contributed by atoms with Gasteiger partial charge in [0.05, 0.1) is 12.2 Å². The molecule has 0 saturated carbocycles. The summed E-state index contributed by atoms with van der Waals surface area (Å²) in [7, 11) is 0. The first kappa shape index (κ1) is 12.9. The van der Waals surface area contributed by atoms with Gasteiger partial charge in [-0.05, 0) is 47.7 Å². The van der Waals surface area contributed by atoms with Crippen LogP contribution in [0.15, 0.2) is 40.8 Å². The SMILES string of the molecule is Cc1nnnn1-c1cccc(NCc2ccc(C#N)o2)c1. The maximum atomic E-state index is 8.72. The van der Waals surface area contributed by atoms with E-state index in [0.717, 1.165) is 17.2 Å². The predicted octanol–water partition coefficient (Wildman–Crippen LogP) is 2.05. The number of hydrogen-bond acceptors (Lipinski definition) is 6. The van der Waals surface area contributed by atoms with Crippen LogP contribution in [0, 0.1) is 18.3 Å². The molecule has 1 N–H and O–H groups in total. The van der Waals surface area contributed by atoms with Crippen LogP contribution < -0.4 is 5.32 Å². The smallest absolute Gasteiger partial charge is 0.203 e. The van der Waals surface area contributed by atoms with E-state index in [2.05, 4.69) is 20.8 Å². The summed E-state index contributed by atoms with van der Waals surface area (Å²) in [5, 5.41) is 23.4. The molecule has 0 fully saturated rings. The average Bonchev–Trinajstić information content (AvgIpc) is 3.14. The number of nitriles is 1. The fourth-order valence-corrected chi connectivity index (χ4v) is 1.94. The fraction of sp³-hybridized carbons (Fsp3) is 0.143. The molecule has 3 aromatic rings. The van der Waals surface area contributed by atoms with Crippen molar-refractivity contribution in [1.82, 2.24) is 20.2 Å². The molecule has 104 valence electrons. The highest BCUT2D eigenvalue weighted by atomic mass is 16.3. The molecule has 0 bridgehead atoms. The Kier molecular flexibility index (Phi) is 3.35. The first-order chi connectivity index (χ1) is 10.3. The Balaban J connectivity index is 1.75. The zero-order valence-electron chi connectivity index (χ0n) is 11.3. The van der Waals surface area contributed by atoms with Gasteiger partial charge in [-0.15, -0.1) is 5.10 Å². The van der Waals surface area contributed by atoms with Gasteiger partial charge in [0.1, 0.15) is 11.8 Å². The normalized spacial score (nSPS) is 10.3. The largest absolute Gasteiger partial charge is 0.449 e. The van der Waals surface area contributed by atoms with Crippen molar-refractivity contribution in [3.63, 3.8) is 0 Å². The van der Waals surface area contributed by atoms with Crippen LogP contribution in [-0.4, -0.2) is 20.2 Å². The molecule has 0 aliphatic heterocycles. The first-order valence-electron chi connectivity index (χ1n) is 6.34. The van der Waals surface area contributed by atoms with Gasteiger partial charge in [0.25, 0.3) is 0 Å². The Hall–Kier alpha value is -3.14. The quantitative estimate of drug-likeness (QED) is 0.786. The number of benzene rings is 1. The molecule has 0 aliphatic carbocycles. The lowest BCUT2D eigenvalue weighted by atomic mass is 10.2. The monoisotopic (exact) mass is 280 g/mol. The van der Waals surface area contributed by atoms with Crippen molar-refractivity contribution in [2.45, 2.75) is 13.5 Å². The number of aryl methyl sites for hydroxylation is 1. The minimum Gasteiger partial charge on any atom is -0.449 e. The van der Waals surface area contributed by atoms with Gasteiger partial charge < -0.3 is 9.73 Å². The van der Waals surface area contributed by atoms with E-state index in [0.29, 0.717) is 18.1 Å². The van der Waals surface area contributed by atoms with Gasteiger partial charge in [-0.3, -0.25) is 0 Å². The molecule has 0 unspecified atom stereocenters. The molecular formula is C14H12N6O. The van der Waals surface area contributed by atoms with Crippen LogP contribution in [0.2, 0.25) is 0 Å². The zero-order valence-corrected chi connectivity index (χ0v) is 11.3. The Bertz CT molecular complexity index is 798. The van der Waals surface area contributed by atoms with Crippen molar-refractivity contribution in [3.05, 3.63) is 53.7 Å². The van der Waals surface area contributed by atoms with Crippen molar-refractivity contribution < 1.29 is 4.42 Å². The number of nitrogens with zero attached hydrogens (tertiary/aromatic N) is 5. The Labute approximate surface area is 120 Å². The highest BCUT2D eigenvalue weighted by Crippen LogP contribution is 2.16. The van der Waals surface area contributed by atoms with E-state index in [9.17, 15) is 0 Å². The van der Waals surface area contributed by atoms with E-state index in [1.165, 1.54) is 0 Å². The van der Waals surface area contributed by atoms with Gasteiger partial charge in [0, 0.05) is 5.69 Å². The molecule has 0 radical (unpaired) electrons. The van der Waals surface area contributed by atoms with E-state index in [-0.39, 0.29) is 0 Å². The molecule has 7 heteroatoms. The summed E-state index contributed by atoms with van der Waals surface area (Å²) in [5.41, 5.74) is 1.79. The summed E-state index contributed by atoms with van der Waals surface area (Å²) < 4.78 is 6.97. The molecule has 0 saturated heterocycles. The van der Waals surface area contributed by atoms with Crippen molar-refractivity contribution in [3.8, 4) is 11.8 Å². The fourth-order valence-electron chi connectivity index (χ4n) is 1.94. The molecule has 2 heterocycles. The maximum Gasteiger partial charge on any atom is 0.203 e. The van der Waals surface area contributed by atoms with Crippen LogP contribution in [0.5, 0.6) is 0 Å². The maximum absolute atomic E-state index is 8.72. The number of aromatic nitrogens is 4. The summed E-state index contributed by atoms with van der Waals surface area (Å²) in [6.07, 6.45) is 0. The van der Waals surface area contributed by atoms with Crippen LogP contribution in [0.25, 0.3) is 5.69 Å². The molecule has 7 nitrogen and oxygen atoms in total. The molecule has 2 aromatic heterocycles. The summed E-state index contributed by atoms with van der Waals surface area (Å²) in [6, 6.07) is 13.1. The van der Waals surface area contributed by atoms with Crippen LogP contribution in [0.4, 0.5) is 5.69 Å². The number of tetrazole rings is 1. The Morgan fingerprint density at radius 2 is 2.24 bits per heavy atom. The number of nitrogens with one attached hydrogen (secondary N) is 1. The Morgan fingerprint density at radius 3 is 2.95 bits per heavy atom. The van der Waals surface area contributed by atoms with Gasteiger partial charge in [-0.1, -0.05) is 6.07 Å². The van der Waals surface area contributed by atoms with Crippen LogP contribution >= 0.6 is 0 Å². The third kappa shape index (κ3) is 2.74. The lowest BCUT2D eigenvalue weighted by Crippen LogP contribution is -2.02.